The third-order valence-electron chi connectivity index (χ3n) is 4.55. The van der Waals surface area contributed by atoms with Gasteiger partial charge in [-0.05, 0) is 55.5 Å². The summed E-state index contributed by atoms with van der Waals surface area (Å²) >= 11 is 1.96. The van der Waals surface area contributed by atoms with Crippen molar-refractivity contribution in [2.45, 2.75) is 45.1 Å². The summed E-state index contributed by atoms with van der Waals surface area (Å²) in [5, 5.41) is 0. The van der Waals surface area contributed by atoms with Gasteiger partial charge < -0.3 is 10.6 Å². The third kappa shape index (κ3) is 4.00. The second kappa shape index (κ2) is 6.50. The Morgan fingerprint density at radius 2 is 2.05 bits per heavy atom. The zero-order chi connectivity index (χ0) is 14.8. The molecule has 2 N–H and O–H groups in total. The van der Waals surface area contributed by atoms with Gasteiger partial charge in [-0.2, -0.15) is 0 Å². The number of hydrogen-bond acceptors (Lipinski definition) is 3. The summed E-state index contributed by atoms with van der Waals surface area (Å²) in [6.45, 7) is 12.4. The smallest absolute Gasteiger partial charge is 0.0115 e. The molecule has 112 valence electrons. The Morgan fingerprint density at radius 1 is 1.30 bits per heavy atom. The van der Waals surface area contributed by atoms with Crippen LogP contribution in [-0.2, 0) is 0 Å². The molecule has 0 aliphatic carbocycles. The van der Waals surface area contributed by atoms with Crippen LogP contribution in [0.25, 0.3) is 0 Å². The van der Waals surface area contributed by atoms with E-state index in [0.29, 0.717) is 6.04 Å². The highest BCUT2D eigenvalue weighted by Crippen LogP contribution is 2.28. The minimum Gasteiger partial charge on any atom is -0.327 e. The normalized spacial score (nSPS) is 22.9. The van der Waals surface area contributed by atoms with Crippen molar-refractivity contribution in [3.63, 3.8) is 0 Å². The van der Waals surface area contributed by atoms with Crippen molar-refractivity contribution in [3.05, 3.63) is 29.3 Å². The summed E-state index contributed by atoms with van der Waals surface area (Å²) < 4.78 is 0. The summed E-state index contributed by atoms with van der Waals surface area (Å²) in [7, 11) is 0. The Morgan fingerprint density at radius 3 is 2.70 bits per heavy atom. The molecule has 1 aromatic rings. The number of benzene rings is 1. The maximum absolute atomic E-state index is 6.19. The van der Waals surface area contributed by atoms with Crippen molar-refractivity contribution in [2.75, 3.05) is 25.4 Å². The van der Waals surface area contributed by atoms with Crippen molar-refractivity contribution >= 4 is 11.8 Å². The largest absolute Gasteiger partial charge is 0.327 e. The first-order valence-electron chi connectivity index (χ1n) is 7.56. The van der Waals surface area contributed by atoms with Gasteiger partial charge in [-0.15, -0.1) is 11.8 Å². The number of thioether (sulfide) groups is 1. The van der Waals surface area contributed by atoms with Gasteiger partial charge in [-0.25, -0.2) is 0 Å². The minimum absolute atomic E-state index is 0.253. The van der Waals surface area contributed by atoms with Gasteiger partial charge in [-0.3, -0.25) is 0 Å². The van der Waals surface area contributed by atoms with Crippen LogP contribution in [0.4, 0.5) is 0 Å². The molecule has 0 amide bonds. The number of hydrogen-bond donors (Lipinski definition) is 1. The van der Waals surface area contributed by atoms with Crippen LogP contribution in [-0.4, -0.2) is 36.3 Å². The molecule has 0 spiro atoms. The molecule has 0 radical (unpaired) electrons. The second-order valence-corrected chi connectivity index (χ2v) is 7.92. The Labute approximate surface area is 128 Å². The van der Waals surface area contributed by atoms with Crippen molar-refractivity contribution in [3.8, 4) is 0 Å². The number of aryl methyl sites for hydroxylation is 2. The van der Waals surface area contributed by atoms with Crippen LogP contribution < -0.4 is 5.73 Å². The van der Waals surface area contributed by atoms with E-state index in [4.69, 9.17) is 5.73 Å². The number of piperidine rings is 1. The molecular weight excluding hydrogens is 264 g/mol. The van der Waals surface area contributed by atoms with E-state index >= 15 is 0 Å². The molecule has 1 fully saturated rings. The van der Waals surface area contributed by atoms with E-state index in [-0.39, 0.29) is 5.41 Å². The fourth-order valence-electron chi connectivity index (χ4n) is 2.77. The molecular formula is C17H28N2S. The van der Waals surface area contributed by atoms with Crippen molar-refractivity contribution in [2.24, 2.45) is 11.1 Å². The predicted octanol–water partition coefficient (Wildman–Crippen LogP) is 3.45. The van der Waals surface area contributed by atoms with Gasteiger partial charge in [0.1, 0.15) is 0 Å². The topological polar surface area (TPSA) is 29.3 Å². The maximum atomic E-state index is 6.19. The average Bonchev–Trinajstić information content (AvgIpc) is 2.38. The molecule has 2 nitrogen and oxygen atoms in total. The quantitative estimate of drug-likeness (QED) is 0.862. The molecule has 1 unspecified atom stereocenters. The number of rotatable bonds is 4. The van der Waals surface area contributed by atoms with Crippen LogP contribution in [0, 0.1) is 19.3 Å². The monoisotopic (exact) mass is 292 g/mol. The van der Waals surface area contributed by atoms with E-state index in [1.54, 1.807) is 0 Å². The Bertz CT molecular complexity index is 456. The molecule has 1 aliphatic rings. The Balaban J connectivity index is 1.80. The van der Waals surface area contributed by atoms with Gasteiger partial charge in [0, 0.05) is 29.8 Å². The van der Waals surface area contributed by atoms with Gasteiger partial charge in [0.05, 0.1) is 0 Å². The zero-order valence-electron chi connectivity index (χ0n) is 13.3. The molecule has 0 saturated carbocycles. The van der Waals surface area contributed by atoms with Gasteiger partial charge in [0.25, 0.3) is 0 Å². The summed E-state index contributed by atoms with van der Waals surface area (Å²) in [6.07, 6.45) is 1.13. The molecule has 1 aliphatic heterocycles. The first-order valence-corrected chi connectivity index (χ1v) is 8.55. The lowest BCUT2D eigenvalue weighted by Gasteiger charge is -2.42. The van der Waals surface area contributed by atoms with Crippen LogP contribution in [0.3, 0.4) is 0 Å². The third-order valence-corrected chi connectivity index (χ3v) is 5.52. The van der Waals surface area contributed by atoms with E-state index in [1.165, 1.54) is 16.0 Å². The summed E-state index contributed by atoms with van der Waals surface area (Å²) in [6, 6.07) is 7.12. The number of nitrogens with zero attached hydrogens (tertiary/aromatic N) is 1. The molecule has 2 rings (SSSR count). The molecule has 1 heterocycles. The van der Waals surface area contributed by atoms with E-state index in [1.807, 2.05) is 11.8 Å². The van der Waals surface area contributed by atoms with Crippen LogP contribution in [0.1, 0.15) is 31.4 Å². The van der Waals surface area contributed by atoms with Gasteiger partial charge in [0.15, 0.2) is 0 Å². The zero-order valence-corrected chi connectivity index (χ0v) is 14.1. The van der Waals surface area contributed by atoms with E-state index in [0.717, 1.165) is 31.8 Å². The van der Waals surface area contributed by atoms with E-state index < -0.39 is 0 Å². The van der Waals surface area contributed by atoms with E-state index in [9.17, 15) is 0 Å². The first-order chi connectivity index (χ1) is 9.38. The van der Waals surface area contributed by atoms with Crippen LogP contribution in [0.15, 0.2) is 23.1 Å². The van der Waals surface area contributed by atoms with Crippen LogP contribution >= 0.6 is 11.8 Å². The summed E-state index contributed by atoms with van der Waals surface area (Å²) in [5.41, 5.74) is 9.21. The molecule has 3 heteroatoms. The summed E-state index contributed by atoms with van der Waals surface area (Å²) in [4.78, 5) is 3.96. The average molecular weight is 292 g/mol. The fourth-order valence-corrected chi connectivity index (χ4v) is 3.78. The van der Waals surface area contributed by atoms with E-state index in [2.05, 4.69) is 50.8 Å². The molecule has 0 bridgehead atoms. The Hall–Kier alpha value is -0.510. The lowest BCUT2D eigenvalue weighted by Crippen LogP contribution is -2.52. The molecule has 20 heavy (non-hydrogen) atoms. The lowest BCUT2D eigenvalue weighted by atomic mass is 9.80. The predicted molar refractivity (Wildman–Crippen MR) is 89.5 cm³/mol. The van der Waals surface area contributed by atoms with Gasteiger partial charge >= 0.3 is 0 Å². The lowest BCUT2D eigenvalue weighted by molar-refractivity contribution is 0.101. The van der Waals surface area contributed by atoms with Crippen molar-refractivity contribution in [1.29, 1.82) is 0 Å². The SMILES string of the molecule is Cc1ccc(SCCN2CCC(N)C(C)(C)C2)cc1C. The molecule has 1 atom stereocenters. The van der Waals surface area contributed by atoms with Gasteiger partial charge in [0.2, 0.25) is 0 Å². The van der Waals surface area contributed by atoms with Crippen molar-refractivity contribution < 1.29 is 0 Å². The number of nitrogens with two attached hydrogens (primary N) is 1. The van der Waals surface area contributed by atoms with Crippen LogP contribution in [0.5, 0.6) is 0 Å². The maximum Gasteiger partial charge on any atom is 0.0115 e. The van der Waals surface area contributed by atoms with Crippen molar-refractivity contribution in [1.82, 2.24) is 4.90 Å². The minimum atomic E-state index is 0.253. The fraction of sp³-hybridized carbons (Fsp3) is 0.647. The van der Waals surface area contributed by atoms with Crippen LogP contribution in [0.2, 0.25) is 0 Å². The van der Waals surface area contributed by atoms with Gasteiger partial charge in [-0.1, -0.05) is 19.9 Å². The molecule has 1 aromatic carbocycles. The second-order valence-electron chi connectivity index (χ2n) is 6.75. The highest BCUT2D eigenvalue weighted by atomic mass is 32.2. The molecule has 1 saturated heterocycles. The number of likely N-dealkylation sites (tertiary alicyclic amines) is 1. The molecule has 0 aromatic heterocycles. The highest BCUT2D eigenvalue weighted by Gasteiger charge is 2.32. The summed E-state index contributed by atoms with van der Waals surface area (Å²) in [5.74, 6) is 1.16. The highest BCUT2D eigenvalue weighted by molar-refractivity contribution is 7.99. The Kier molecular flexibility index (Phi) is 5.16. The standard InChI is InChI=1S/C17H28N2S/c1-13-5-6-15(11-14(13)2)20-10-9-19-8-7-16(18)17(3,4)12-19/h5-6,11,16H,7-10,12,18H2,1-4H3. The first kappa shape index (κ1) is 15.9.